The largest absolute Gasteiger partial charge is 0.378 e. The van der Waals surface area contributed by atoms with Crippen molar-refractivity contribution in [2.75, 3.05) is 49.6 Å². The van der Waals surface area contributed by atoms with Crippen molar-refractivity contribution in [1.82, 2.24) is 4.90 Å². The number of nitrogens with one attached hydrogen (secondary N) is 1. The van der Waals surface area contributed by atoms with Gasteiger partial charge in [-0.3, -0.25) is 9.69 Å². The van der Waals surface area contributed by atoms with Crippen molar-refractivity contribution < 1.29 is 9.53 Å². The number of ether oxygens (including phenoxy) is 1. The Balaban J connectivity index is 1.39. The quantitative estimate of drug-likeness (QED) is 0.802. The van der Waals surface area contributed by atoms with Gasteiger partial charge < -0.3 is 15.0 Å². The predicted molar refractivity (Wildman–Crippen MR) is 122 cm³/mol. The molecule has 0 spiro atoms. The fourth-order valence-corrected chi connectivity index (χ4v) is 4.39. The normalized spacial score (nSPS) is 18.4. The van der Waals surface area contributed by atoms with Gasteiger partial charge in [0, 0.05) is 36.6 Å². The molecular weight excluding hydrogens is 374 g/mol. The number of rotatable bonds is 5. The number of likely N-dealkylation sites (tertiary alicyclic amines) is 1. The number of carbonyl (C=O) groups is 1. The molecule has 2 aliphatic heterocycles. The average molecular weight is 408 g/mol. The van der Waals surface area contributed by atoms with Crippen molar-refractivity contribution in [3.63, 3.8) is 0 Å². The van der Waals surface area contributed by atoms with E-state index in [0.717, 1.165) is 61.3 Å². The molecule has 5 heteroatoms. The van der Waals surface area contributed by atoms with E-state index in [1.54, 1.807) is 0 Å². The number of hydrogen-bond donors (Lipinski definition) is 1. The maximum absolute atomic E-state index is 12.9. The second-order valence-electron chi connectivity index (χ2n) is 8.66. The van der Waals surface area contributed by atoms with Gasteiger partial charge in [0.15, 0.2) is 0 Å². The topological polar surface area (TPSA) is 44.8 Å². The summed E-state index contributed by atoms with van der Waals surface area (Å²) in [6.07, 6.45) is 2.58. The molecule has 30 heavy (non-hydrogen) atoms. The van der Waals surface area contributed by atoms with E-state index < -0.39 is 0 Å². The van der Waals surface area contributed by atoms with Gasteiger partial charge in [0.05, 0.1) is 13.2 Å². The van der Waals surface area contributed by atoms with E-state index in [-0.39, 0.29) is 5.91 Å². The van der Waals surface area contributed by atoms with Crippen LogP contribution >= 0.6 is 0 Å². The third kappa shape index (κ3) is 5.02. The van der Waals surface area contributed by atoms with Gasteiger partial charge in [-0.15, -0.1) is 0 Å². The van der Waals surface area contributed by atoms with Crippen molar-refractivity contribution in [3.05, 3.63) is 59.2 Å². The maximum Gasteiger partial charge on any atom is 0.256 e. The van der Waals surface area contributed by atoms with Crippen LogP contribution in [0.25, 0.3) is 0 Å². The van der Waals surface area contributed by atoms with Crippen molar-refractivity contribution in [2.24, 2.45) is 5.92 Å². The van der Waals surface area contributed by atoms with Crippen LogP contribution in [0.5, 0.6) is 0 Å². The van der Waals surface area contributed by atoms with Gasteiger partial charge >= 0.3 is 0 Å². The SMILES string of the molecule is Cc1c(C(=O)Nc2ccc(CN3CCC(C)CC3)cc2)cccc1N1CCOCC1. The Kier molecular flexibility index (Phi) is 6.70. The summed E-state index contributed by atoms with van der Waals surface area (Å²) in [4.78, 5) is 17.8. The first-order chi connectivity index (χ1) is 14.6. The molecule has 2 aromatic carbocycles. The number of carbonyl (C=O) groups excluding carboxylic acids is 1. The Labute approximate surface area is 180 Å². The highest BCUT2D eigenvalue weighted by Crippen LogP contribution is 2.25. The highest BCUT2D eigenvalue weighted by atomic mass is 16.5. The molecule has 2 aliphatic rings. The lowest BCUT2D eigenvalue weighted by Crippen LogP contribution is -2.36. The molecule has 0 atom stereocenters. The first kappa shape index (κ1) is 20.9. The summed E-state index contributed by atoms with van der Waals surface area (Å²) >= 11 is 0. The van der Waals surface area contributed by atoms with Crippen LogP contribution in [-0.2, 0) is 11.3 Å². The van der Waals surface area contributed by atoms with Crippen molar-refractivity contribution in [3.8, 4) is 0 Å². The van der Waals surface area contributed by atoms with Crippen LogP contribution < -0.4 is 10.2 Å². The van der Waals surface area contributed by atoms with Gasteiger partial charge in [-0.25, -0.2) is 0 Å². The summed E-state index contributed by atoms with van der Waals surface area (Å²) < 4.78 is 5.46. The van der Waals surface area contributed by atoms with Crippen LogP contribution in [0.3, 0.4) is 0 Å². The molecule has 0 aromatic heterocycles. The Morgan fingerprint density at radius 3 is 2.43 bits per heavy atom. The molecule has 0 radical (unpaired) electrons. The van der Waals surface area contributed by atoms with Gasteiger partial charge in [-0.05, 0) is 74.2 Å². The van der Waals surface area contributed by atoms with Crippen LogP contribution in [0.2, 0.25) is 0 Å². The van der Waals surface area contributed by atoms with Gasteiger partial charge in [0.1, 0.15) is 0 Å². The number of amides is 1. The smallest absolute Gasteiger partial charge is 0.256 e. The lowest BCUT2D eigenvalue weighted by Gasteiger charge is -2.30. The van der Waals surface area contributed by atoms with Crippen LogP contribution in [0, 0.1) is 12.8 Å². The van der Waals surface area contributed by atoms with Gasteiger partial charge in [-0.2, -0.15) is 0 Å². The van der Waals surface area contributed by atoms with E-state index in [9.17, 15) is 4.79 Å². The number of piperidine rings is 1. The Hall–Kier alpha value is -2.37. The predicted octanol–water partition coefficient (Wildman–Crippen LogP) is 4.32. The van der Waals surface area contributed by atoms with Gasteiger partial charge in [0.2, 0.25) is 0 Å². The van der Waals surface area contributed by atoms with E-state index in [0.29, 0.717) is 0 Å². The van der Waals surface area contributed by atoms with E-state index in [1.165, 1.54) is 31.5 Å². The summed E-state index contributed by atoms with van der Waals surface area (Å²) in [6.45, 7) is 10.9. The fraction of sp³-hybridized carbons (Fsp3) is 0.480. The highest BCUT2D eigenvalue weighted by Gasteiger charge is 2.18. The monoisotopic (exact) mass is 407 g/mol. The lowest BCUT2D eigenvalue weighted by atomic mass is 9.99. The van der Waals surface area contributed by atoms with E-state index in [2.05, 4.69) is 40.2 Å². The molecule has 5 nitrogen and oxygen atoms in total. The van der Waals surface area contributed by atoms with Crippen molar-refractivity contribution in [1.29, 1.82) is 0 Å². The number of nitrogens with zero attached hydrogens (tertiary/aromatic N) is 2. The van der Waals surface area contributed by atoms with Crippen molar-refractivity contribution >= 4 is 17.3 Å². The lowest BCUT2D eigenvalue weighted by molar-refractivity contribution is 0.102. The minimum atomic E-state index is -0.0552. The van der Waals surface area contributed by atoms with Crippen molar-refractivity contribution in [2.45, 2.75) is 33.2 Å². The molecule has 1 amide bonds. The molecule has 2 heterocycles. The molecular formula is C25H33N3O2. The zero-order chi connectivity index (χ0) is 20.9. The zero-order valence-corrected chi connectivity index (χ0v) is 18.2. The van der Waals surface area contributed by atoms with Crippen LogP contribution in [-0.4, -0.2) is 50.2 Å². The third-order valence-electron chi connectivity index (χ3n) is 6.40. The summed E-state index contributed by atoms with van der Waals surface area (Å²) in [6, 6.07) is 14.3. The fourth-order valence-electron chi connectivity index (χ4n) is 4.39. The van der Waals surface area contributed by atoms with Gasteiger partial charge in [-0.1, -0.05) is 25.1 Å². The van der Waals surface area contributed by atoms with Crippen LogP contribution in [0.4, 0.5) is 11.4 Å². The summed E-state index contributed by atoms with van der Waals surface area (Å²) in [5.41, 5.74) is 5.01. The minimum absolute atomic E-state index is 0.0552. The first-order valence-corrected chi connectivity index (χ1v) is 11.1. The Morgan fingerprint density at radius 2 is 1.73 bits per heavy atom. The molecule has 0 saturated carbocycles. The number of anilines is 2. The standard InChI is InChI=1S/C25H33N3O2/c1-19-10-12-27(13-11-19)18-21-6-8-22(9-7-21)26-25(29)23-4-3-5-24(20(23)2)28-14-16-30-17-15-28/h3-9,19H,10-18H2,1-2H3,(H,26,29). The molecule has 2 aromatic rings. The molecule has 2 saturated heterocycles. The zero-order valence-electron chi connectivity index (χ0n) is 18.2. The van der Waals surface area contributed by atoms with E-state index in [4.69, 9.17) is 4.74 Å². The molecule has 160 valence electrons. The Bertz CT molecular complexity index is 851. The summed E-state index contributed by atoms with van der Waals surface area (Å²) in [5.74, 6) is 0.796. The molecule has 0 aliphatic carbocycles. The molecule has 2 fully saturated rings. The second kappa shape index (κ2) is 9.63. The average Bonchev–Trinajstić information content (AvgIpc) is 2.77. The van der Waals surface area contributed by atoms with Gasteiger partial charge in [0.25, 0.3) is 5.91 Å². The number of benzene rings is 2. The summed E-state index contributed by atoms with van der Waals surface area (Å²) in [5, 5.41) is 3.07. The second-order valence-corrected chi connectivity index (χ2v) is 8.66. The molecule has 4 rings (SSSR count). The minimum Gasteiger partial charge on any atom is -0.378 e. The van der Waals surface area contributed by atoms with E-state index >= 15 is 0 Å². The third-order valence-corrected chi connectivity index (χ3v) is 6.40. The molecule has 1 N–H and O–H groups in total. The molecule has 0 unspecified atom stereocenters. The van der Waals surface area contributed by atoms with Crippen LogP contribution in [0.15, 0.2) is 42.5 Å². The van der Waals surface area contributed by atoms with E-state index in [1.807, 2.05) is 31.2 Å². The highest BCUT2D eigenvalue weighted by molar-refractivity contribution is 6.06. The first-order valence-electron chi connectivity index (χ1n) is 11.1. The maximum atomic E-state index is 12.9. The summed E-state index contributed by atoms with van der Waals surface area (Å²) in [7, 11) is 0. The molecule has 0 bridgehead atoms. The number of hydrogen-bond acceptors (Lipinski definition) is 4. The Morgan fingerprint density at radius 1 is 1.03 bits per heavy atom. The number of morpholine rings is 1. The van der Waals surface area contributed by atoms with Crippen LogP contribution in [0.1, 0.15) is 41.3 Å².